The van der Waals surface area contributed by atoms with Gasteiger partial charge in [-0.05, 0) is 93.6 Å². The highest BCUT2D eigenvalue weighted by atomic mass is 16.3. The molecule has 0 spiro atoms. The largest absolute Gasteiger partial charge is 0.506 e. The Balaban J connectivity index is 1.23. The predicted octanol–water partition coefficient (Wildman–Crippen LogP) is 3.88. The van der Waals surface area contributed by atoms with Crippen molar-refractivity contribution in [1.82, 2.24) is 14.9 Å². The van der Waals surface area contributed by atoms with E-state index >= 15 is 0 Å². The van der Waals surface area contributed by atoms with Crippen molar-refractivity contribution in [2.45, 2.75) is 81.3 Å². The third-order valence-electron chi connectivity index (χ3n) is 9.49. The van der Waals surface area contributed by atoms with Gasteiger partial charge in [-0.3, -0.25) is 4.79 Å². The van der Waals surface area contributed by atoms with Crippen LogP contribution in [0.15, 0.2) is 18.5 Å². The lowest BCUT2D eigenvalue weighted by molar-refractivity contribution is -0.0320. The van der Waals surface area contributed by atoms with Crippen LogP contribution in [-0.2, 0) is 0 Å². The molecule has 1 amide bonds. The van der Waals surface area contributed by atoms with Crippen molar-refractivity contribution in [3.63, 3.8) is 0 Å². The van der Waals surface area contributed by atoms with Gasteiger partial charge in [0.15, 0.2) is 0 Å². The molecular formula is C25H32N4O2. The first-order chi connectivity index (χ1) is 14.9. The Kier molecular flexibility index (Phi) is 3.60. The number of nitrogens with two attached hydrogens (primary N) is 1. The molecule has 4 N–H and O–H groups in total. The maximum Gasteiger partial charge on any atom is 0.253 e. The number of carbonyl (C=O) groups excluding carboxylic acids is 1. The number of phenols is 1. The van der Waals surface area contributed by atoms with Gasteiger partial charge < -0.3 is 20.7 Å². The summed E-state index contributed by atoms with van der Waals surface area (Å²) in [6.07, 6.45) is 13.4. The lowest BCUT2D eigenvalue weighted by Gasteiger charge is -2.61. The minimum absolute atomic E-state index is 0.0613. The zero-order valence-electron chi connectivity index (χ0n) is 18.0. The highest BCUT2D eigenvalue weighted by Crippen LogP contribution is 2.57. The number of phenolic OH excluding ortho intramolecular Hbond substituents is 1. The van der Waals surface area contributed by atoms with Gasteiger partial charge in [-0.25, -0.2) is 4.98 Å². The average molecular weight is 421 g/mol. The molecule has 0 aliphatic heterocycles. The van der Waals surface area contributed by atoms with Crippen LogP contribution < -0.4 is 11.1 Å². The van der Waals surface area contributed by atoms with Crippen LogP contribution in [0.4, 0.5) is 0 Å². The molecular weight excluding hydrogens is 388 g/mol. The molecule has 0 saturated heterocycles. The Bertz CT molecular complexity index is 1080. The van der Waals surface area contributed by atoms with Crippen LogP contribution in [0.1, 0.15) is 80.6 Å². The fourth-order valence-corrected chi connectivity index (χ4v) is 8.91. The van der Waals surface area contributed by atoms with Gasteiger partial charge in [0, 0.05) is 17.1 Å². The molecule has 6 saturated carbocycles. The number of hydrogen-bond acceptors (Lipinski definition) is 4. The summed E-state index contributed by atoms with van der Waals surface area (Å²) in [6, 6.07) is 3.81. The minimum Gasteiger partial charge on any atom is -0.506 e. The number of carbonyl (C=O) groups is 1. The number of aromatic nitrogens is 2. The predicted molar refractivity (Wildman–Crippen MR) is 118 cm³/mol. The second kappa shape index (κ2) is 6.03. The number of rotatable bonds is 3. The number of hydrogen-bond donors (Lipinski definition) is 3. The summed E-state index contributed by atoms with van der Waals surface area (Å²) in [5.41, 5.74) is 8.39. The first-order valence-corrected chi connectivity index (χ1v) is 12.2. The van der Waals surface area contributed by atoms with E-state index in [9.17, 15) is 9.90 Å². The van der Waals surface area contributed by atoms with Crippen molar-refractivity contribution >= 4 is 16.9 Å². The Morgan fingerprint density at radius 1 is 1.10 bits per heavy atom. The normalized spacial score (nSPS) is 42.5. The lowest BCUT2D eigenvalue weighted by atomic mass is 9.50. The SMILES string of the molecule is NC12CC3CC(C1)CC(NC(=O)c1ccc(O)c4c1ncn4C1CC4CCC1C4)(C3)C2. The summed E-state index contributed by atoms with van der Waals surface area (Å²) in [5.74, 6) is 2.93. The van der Waals surface area contributed by atoms with Gasteiger partial charge in [-0.15, -0.1) is 0 Å². The zero-order chi connectivity index (χ0) is 21.0. The number of nitrogens with one attached hydrogen (secondary N) is 1. The fourth-order valence-electron chi connectivity index (χ4n) is 8.91. The summed E-state index contributed by atoms with van der Waals surface area (Å²) in [4.78, 5) is 18.2. The number of imidazole rings is 1. The molecule has 5 unspecified atom stereocenters. The van der Waals surface area contributed by atoms with Crippen LogP contribution in [0.5, 0.6) is 5.75 Å². The summed E-state index contributed by atoms with van der Waals surface area (Å²) < 4.78 is 2.16. The molecule has 8 rings (SSSR count). The van der Waals surface area contributed by atoms with E-state index in [1.807, 2.05) is 6.33 Å². The van der Waals surface area contributed by atoms with Gasteiger partial charge in [0.05, 0.1) is 11.9 Å². The molecule has 6 nitrogen and oxygen atoms in total. The maximum absolute atomic E-state index is 13.5. The summed E-state index contributed by atoms with van der Waals surface area (Å²) in [5, 5.41) is 14.1. The summed E-state index contributed by atoms with van der Waals surface area (Å²) in [6.45, 7) is 0. The van der Waals surface area contributed by atoms with E-state index in [-0.39, 0.29) is 22.7 Å². The van der Waals surface area contributed by atoms with Crippen LogP contribution in [0.3, 0.4) is 0 Å². The van der Waals surface area contributed by atoms with Crippen molar-refractivity contribution in [3.8, 4) is 5.75 Å². The standard InChI is InChI=1S/C25H32N4O2/c26-24-8-15-5-16(9-24)11-25(10-15,12-24)28-23(31)18-3-4-20(30)22-21(18)27-13-29(22)19-7-14-1-2-17(19)6-14/h3-4,13-17,19,30H,1-2,5-12,26H2,(H,28,31). The molecule has 6 heteroatoms. The first kappa shape index (κ1) is 18.5. The zero-order valence-corrected chi connectivity index (χ0v) is 18.0. The highest BCUT2D eigenvalue weighted by molar-refractivity contribution is 6.06. The quantitative estimate of drug-likeness (QED) is 0.702. The monoisotopic (exact) mass is 420 g/mol. The van der Waals surface area contributed by atoms with E-state index in [0.717, 1.165) is 50.0 Å². The van der Waals surface area contributed by atoms with Crippen molar-refractivity contribution in [3.05, 3.63) is 24.0 Å². The Morgan fingerprint density at radius 3 is 2.58 bits per heavy atom. The van der Waals surface area contributed by atoms with Gasteiger partial charge in [0.1, 0.15) is 16.8 Å². The Labute approximate surface area is 182 Å². The molecule has 1 heterocycles. The van der Waals surface area contributed by atoms with E-state index in [4.69, 9.17) is 5.73 Å². The Morgan fingerprint density at radius 2 is 1.90 bits per heavy atom. The molecule has 5 atom stereocenters. The van der Waals surface area contributed by atoms with Crippen LogP contribution in [0, 0.1) is 23.7 Å². The number of aromatic hydroxyl groups is 1. The summed E-state index contributed by atoms with van der Waals surface area (Å²) >= 11 is 0. The number of benzene rings is 1. The van der Waals surface area contributed by atoms with Crippen molar-refractivity contribution < 1.29 is 9.90 Å². The number of fused-ring (bicyclic) bond motifs is 3. The topological polar surface area (TPSA) is 93.2 Å². The van der Waals surface area contributed by atoms with Crippen LogP contribution in [0.25, 0.3) is 11.0 Å². The van der Waals surface area contributed by atoms with E-state index in [0.29, 0.717) is 34.9 Å². The van der Waals surface area contributed by atoms with Gasteiger partial charge in [0.2, 0.25) is 0 Å². The van der Waals surface area contributed by atoms with E-state index in [2.05, 4.69) is 14.9 Å². The molecule has 31 heavy (non-hydrogen) atoms. The maximum atomic E-state index is 13.5. The van der Waals surface area contributed by atoms with Gasteiger partial charge in [-0.2, -0.15) is 0 Å². The fraction of sp³-hybridized carbons (Fsp3) is 0.680. The molecule has 2 aromatic rings. The molecule has 0 radical (unpaired) electrons. The van der Waals surface area contributed by atoms with Crippen molar-refractivity contribution in [2.75, 3.05) is 0 Å². The molecule has 6 aliphatic rings. The van der Waals surface area contributed by atoms with Crippen molar-refractivity contribution in [1.29, 1.82) is 0 Å². The highest BCUT2D eigenvalue weighted by Gasteiger charge is 2.56. The molecule has 6 bridgehead atoms. The van der Waals surface area contributed by atoms with E-state index in [1.54, 1.807) is 12.1 Å². The molecule has 1 aromatic carbocycles. The van der Waals surface area contributed by atoms with Crippen LogP contribution in [0.2, 0.25) is 0 Å². The number of nitrogens with zero attached hydrogens (tertiary/aromatic N) is 2. The second-order valence-corrected chi connectivity index (χ2v) is 11.8. The van der Waals surface area contributed by atoms with E-state index < -0.39 is 0 Å². The molecule has 6 fully saturated rings. The van der Waals surface area contributed by atoms with Gasteiger partial charge in [-0.1, -0.05) is 6.42 Å². The third kappa shape index (κ3) is 2.66. The Hall–Kier alpha value is -2.08. The van der Waals surface area contributed by atoms with Gasteiger partial charge >= 0.3 is 0 Å². The first-order valence-electron chi connectivity index (χ1n) is 12.2. The minimum atomic E-state index is -0.173. The van der Waals surface area contributed by atoms with Crippen molar-refractivity contribution in [2.24, 2.45) is 29.4 Å². The van der Waals surface area contributed by atoms with E-state index in [1.165, 1.54) is 25.7 Å². The lowest BCUT2D eigenvalue weighted by Crippen LogP contribution is -2.68. The molecule has 6 aliphatic carbocycles. The number of amides is 1. The van der Waals surface area contributed by atoms with Crippen LogP contribution >= 0.6 is 0 Å². The van der Waals surface area contributed by atoms with Crippen LogP contribution in [-0.4, -0.2) is 31.6 Å². The molecule has 164 valence electrons. The average Bonchev–Trinajstić information content (AvgIpc) is 3.41. The smallest absolute Gasteiger partial charge is 0.253 e. The van der Waals surface area contributed by atoms with Gasteiger partial charge in [0.25, 0.3) is 5.91 Å². The molecule has 1 aromatic heterocycles. The summed E-state index contributed by atoms with van der Waals surface area (Å²) in [7, 11) is 0. The second-order valence-electron chi connectivity index (χ2n) is 11.8. The third-order valence-corrected chi connectivity index (χ3v) is 9.49.